The van der Waals surface area contributed by atoms with Crippen LogP contribution >= 0.6 is 22.9 Å². The number of carbonyl (C=O) groups excluding carboxylic acids is 1. The number of carbonyl (C=O) groups is 1. The van der Waals surface area contributed by atoms with Crippen LogP contribution in [0, 0.1) is 0 Å². The summed E-state index contributed by atoms with van der Waals surface area (Å²) in [7, 11) is 0. The van der Waals surface area contributed by atoms with Crippen molar-refractivity contribution in [3.8, 4) is 11.5 Å². The van der Waals surface area contributed by atoms with Gasteiger partial charge in [-0.15, -0.1) is 11.3 Å². The molecular formula is C15H16ClNO3S. The van der Waals surface area contributed by atoms with Crippen LogP contribution in [0.4, 0.5) is 5.69 Å². The number of hydrogen-bond acceptors (Lipinski definition) is 4. The summed E-state index contributed by atoms with van der Waals surface area (Å²) in [5.41, 5.74) is 0.567. The van der Waals surface area contributed by atoms with Gasteiger partial charge in [0.25, 0.3) is 5.91 Å². The van der Waals surface area contributed by atoms with E-state index in [9.17, 15) is 4.79 Å². The second kappa shape index (κ2) is 7.33. The molecule has 21 heavy (non-hydrogen) atoms. The first-order valence-electron chi connectivity index (χ1n) is 6.59. The molecule has 1 amide bonds. The van der Waals surface area contributed by atoms with Crippen LogP contribution in [0.5, 0.6) is 11.5 Å². The number of halogens is 1. The first-order valence-corrected chi connectivity index (χ1v) is 7.85. The Morgan fingerprint density at radius 3 is 2.62 bits per heavy atom. The van der Waals surface area contributed by atoms with Crippen LogP contribution in [-0.2, 0) is 0 Å². The Labute approximate surface area is 132 Å². The van der Waals surface area contributed by atoms with Gasteiger partial charge in [0.1, 0.15) is 16.4 Å². The molecule has 1 heterocycles. The fourth-order valence-corrected chi connectivity index (χ4v) is 2.82. The number of thiophene rings is 1. The lowest BCUT2D eigenvalue weighted by Crippen LogP contribution is -2.12. The quantitative estimate of drug-likeness (QED) is 0.853. The first kappa shape index (κ1) is 15.7. The number of anilines is 1. The normalized spacial score (nSPS) is 10.2. The minimum absolute atomic E-state index is 0.260. The van der Waals surface area contributed by atoms with E-state index in [1.54, 1.807) is 23.6 Å². The predicted octanol–water partition coefficient (Wildman–Crippen LogP) is 4.45. The molecule has 0 aliphatic rings. The second-order valence-corrected chi connectivity index (χ2v) is 5.40. The molecule has 0 atom stereocenters. The molecule has 2 rings (SSSR count). The van der Waals surface area contributed by atoms with E-state index < -0.39 is 0 Å². The number of ether oxygens (including phenoxy) is 2. The van der Waals surface area contributed by atoms with Crippen LogP contribution < -0.4 is 14.8 Å². The van der Waals surface area contributed by atoms with Crippen LogP contribution in [0.25, 0.3) is 0 Å². The van der Waals surface area contributed by atoms with Gasteiger partial charge in [-0.1, -0.05) is 11.6 Å². The van der Waals surface area contributed by atoms with Crippen LogP contribution in [0.15, 0.2) is 29.6 Å². The van der Waals surface area contributed by atoms with E-state index in [1.807, 2.05) is 19.9 Å². The molecule has 1 aromatic carbocycles. The minimum atomic E-state index is -0.260. The van der Waals surface area contributed by atoms with E-state index in [0.717, 1.165) is 0 Å². The van der Waals surface area contributed by atoms with Gasteiger partial charge in [-0.05, 0) is 37.4 Å². The monoisotopic (exact) mass is 325 g/mol. The summed E-state index contributed by atoms with van der Waals surface area (Å²) < 4.78 is 11.0. The summed E-state index contributed by atoms with van der Waals surface area (Å²) >= 11 is 7.27. The topological polar surface area (TPSA) is 47.6 Å². The molecule has 0 aliphatic carbocycles. The van der Waals surface area contributed by atoms with Gasteiger partial charge >= 0.3 is 0 Å². The SMILES string of the molecule is CCOc1ccc(OCC)c(NC(=O)c2sccc2Cl)c1. The van der Waals surface area contributed by atoms with Gasteiger partial charge in [-0.25, -0.2) is 0 Å². The minimum Gasteiger partial charge on any atom is -0.494 e. The maximum Gasteiger partial charge on any atom is 0.267 e. The fourth-order valence-electron chi connectivity index (χ4n) is 1.78. The van der Waals surface area contributed by atoms with Gasteiger partial charge in [0.15, 0.2) is 0 Å². The largest absolute Gasteiger partial charge is 0.494 e. The molecule has 0 saturated heterocycles. The van der Waals surface area contributed by atoms with Crippen LogP contribution in [0.3, 0.4) is 0 Å². The Balaban J connectivity index is 2.25. The summed E-state index contributed by atoms with van der Waals surface area (Å²) in [6, 6.07) is 7.03. The lowest BCUT2D eigenvalue weighted by molar-refractivity contribution is 0.103. The molecule has 0 saturated carbocycles. The summed E-state index contributed by atoms with van der Waals surface area (Å²) in [5, 5.41) is 5.04. The molecule has 0 bridgehead atoms. The summed E-state index contributed by atoms with van der Waals surface area (Å²) in [4.78, 5) is 12.7. The van der Waals surface area contributed by atoms with Gasteiger partial charge in [-0.2, -0.15) is 0 Å². The number of hydrogen-bond donors (Lipinski definition) is 1. The van der Waals surface area contributed by atoms with E-state index in [1.165, 1.54) is 11.3 Å². The first-order chi connectivity index (χ1) is 10.2. The highest BCUT2D eigenvalue weighted by molar-refractivity contribution is 7.12. The Morgan fingerprint density at radius 2 is 2.00 bits per heavy atom. The van der Waals surface area contributed by atoms with Gasteiger partial charge < -0.3 is 14.8 Å². The van der Waals surface area contributed by atoms with E-state index >= 15 is 0 Å². The van der Waals surface area contributed by atoms with Gasteiger partial charge in [0.2, 0.25) is 0 Å². The molecule has 0 spiro atoms. The van der Waals surface area contributed by atoms with E-state index in [0.29, 0.717) is 40.3 Å². The zero-order chi connectivity index (χ0) is 15.2. The van der Waals surface area contributed by atoms with E-state index in [2.05, 4.69) is 5.32 Å². The lowest BCUT2D eigenvalue weighted by Gasteiger charge is -2.13. The van der Waals surface area contributed by atoms with Crippen molar-refractivity contribution >= 4 is 34.5 Å². The molecule has 1 aromatic heterocycles. The third-order valence-electron chi connectivity index (χ3n) is 2.63. The Bertz CT molecular complexity index is 627. The molecule has 1 N–H and O–H groups in total. The molecule has 0 unspecified atom stereocenters. The molecule has 0 aliphatic heterocycles. The van der Waals surface area contributed by atoms with Gasteiger partial charge in [0.05, 0.1) is 23.9 Å². The van der Waals surface area contributed by atoms with Crippen molar-refractivity contribution < 1.29 is 14.3 Å². The van der Waals surface area contributed by atoms with Crippen molar-refractivity contribution in [1.82, 2.24) is 0 Å². The zero-order valence-electron chi connectivity index (χ0n) is 11.8. The Kier molecular flexibility index (Phi) is 5.47. The maximum absolute atomic E-state index is 12.2. The van der Waals surface area contributed by atoms with Crippen molar-refractivity contribution in [2.45, 2.75) is 13.8 Å². The standard InChI is InChI=1S/C15H16ClNO3S/c1-3-19-10-5-6-13(20-4-2)12(9-10)17-15(18)14-11(16)7-8-21-14/h5-9H,3-4H2,1-2H3,(H,17,18). The smallest absolute Gasteiger partial charge is 0.267 e. The fraction of sp³-hybridized carbons (Fsp3) is 0.267. The third-order valence-corrected chi connectivity index (χ3v) is 3.97. The van der Waals surface area contributed by atoms with Crippen LogP contribution in [0.1, 0.15) is 23.5 Å². The highest BCUT2D eigenvalue weighted by Gasteiger charge is 2.15. The summed E-state index contributed by atoms with van der Waals surface area (Å²) in [6.45, 7) is 4.85. The van der Waals surface area contributed by atoms with Crippen molar-refractivity contribution in [2.24, 2.45) is 0 Å². The average molecular weight is 326 g/mol. The van der Waals surface area contributed by atoms with Crippen molar-refractivity contribution in [3.05, 3.63) is 39.5 Å². The van der Waals surface area contributed by atoms with Crippen molar-refractivity contribution in [3.63, 3.8) is 0 Å². The zero-order valence-corrected chi connectivity index (χ0v) is 13.4. The van der Waals surface area contributed by atoms with E-state index in [4.69, 9.17) is 21.1 Å². The van der Waals surface area contributed by atoms with Crippen LogP contribution in [0.2, 0.25) is 5.02 Å². The molecule has 0 radical (unpaired) electrons. The van der Waals surface area contributed by atoms with Crippen molar-refractivity contribution in [1.29, 1.82) is 0 Å². The Morgan fingerprint density at radius 1 is 1.24 bits per heavy atom. The maximum atomic E-state index is 12.2. The number of nitrogens with one attached hydrogen (secondary N) is 1. The highest BCUT2D eigenvalue weighted by atomic mass is 35.5. The highest BCUT2D eigenvalue weighted by Crippen LogP contribution is 2.31. The number of rotatable bonds is 6. The summed E-state index contributed by atoms with van der Waals surface area (Å²) in [6.07, 6.45) is 0. The molecule has 6 heteroatoms. The predicted molar refractivity (Wildman–Crippen MR) is 86.1 cm³/mol. The van der Waals surface area contributed by atoms with Crippen molar-refractivity contribution in [2.75, 3.05) is 18.5 Å². The second-order valence-electron chi connectivity index (χ2n) is 4.08. The Hall–Kier alpha value is -1.72. The lowest BCUT2D eigenvalue weighted by atomic mass is 10.2. The molecular weight excluding hydrogens is 310 g/mol. The average Bonchev–Trinajstić information content (AvgIpc) is 2.88. The molecule has 2 aromatic rings. The summed E-state index contributed by atoms with van der Waals surface area (Å²) in [5.74, 6) is 1.01. The molecule has 112 valence electrons. The molecule has 0 fully saturated rings. The van der Waals surface area contributed by atoms with E-state index in [-0.39, 0.29) is 5.91 Å². The third kappa shape index (κ3) is 3.89. The molecule has 4 nitrogen and oxygen atoms in total. The van der Waals surface area contributed by atoms with Gasteiger partial charge in [0, 0.05) is 6.07 Å². The van der Waals surface area contributed by atoms with Gasteiger partial charge in [-0.3, -0.25) is 4.79 Å². The number of benzene rings is 1. The van der Waals surface area contributed by atoms with Crippen LogP contribution in [-0.4, -0.2) is 19.1 Å². The number of amides is 1.